The minimum absolute atomic E-state index is 0.000430. The van der Waals surface area contributed by atoms with E-state index in [1.54, 1.807) is 7.11 Å². The fourth-order valence-corrected chi connectivity index (χ4v) is 7.57. The van der Waals surface area contributed by atoms with Gasteiger partial charge in [0.15, 0.2) is 6.79 Å². The summed E-state index contributed by atoms with van der Waals surface area (Å²) in [5, 5.41) is 2.69. The summed E-state index contributed by atoms with van der Waals surface area (Å²) < 4.78 is 11.7. The number of hydrogen-bond acceptors (Lipinski definition) is 2. The van der Waals surface area contributed by atoms with Gasteiger partial charge in [-0.2, -0.15) is 0 Å². The van der Waals surface area contributed by atoms with Gasteiger partial charge in [0.25, 0.3) is 0 Å². The van der Waals surface area contributed by atoms with E-state index in [0.717, 1.165) is 18.6 Å². The summed E-state index contributed by atoms with van der Waals surface area (Å²) in [6, 6.07) is 15.6. The van der Waals surface area contributed by atoms with E-state index in [4.69, 9.17) is 9.47 Å². The number of hydrogen-bond donors (Lipinski definition) is 0. The first-order chi connectivity index (χ1) is 14.3. The van der Waals surface area contributed by atoms with E-state index >= 15 is 0 Å². The van der Waals surface area contributed by atoms with Crippen molar-refractivity contribution in [3.05, 3.63) is 77.9 Å². The molecule has 0 radical (unpaired) electrons. The van der Waals surface area contributed by atoms with Gasteiger partial charge in [0.2, 0.25) is 0 Å². The Balaban J connectivity index is 2.32. The lowest BCUT2D eigenvalue weighted by Gasteiger charge is -2.38. The van der Waals surface area contributed by atoms with Gasteiger partial charge < -0.3 is 9.47 Å². The Labute approximate surface area is 183 Å². The molecule has 1 atom stereocenters. The molecule has 2 aromatic rings. The van der Waals surface area contributed by atoms with E-state index in [0.29, 0.717) is 0 Å². The van der Waals surface area contributed by atoms with Crippen LogP contribution in [0.3, 0.4) is 0 Å². The summed E-state index contributed by atoms with van der Waals surface area (Å²) >= 11 is 0. The number of allylic oxidation sites excluding steroid dienone is 4. The maximum absolute atomic E-state index is 6.33. The smallest absolute Gasteiger partial charge is 0.188 e. The van der Waals surface area contributed by atoms with Crippen molar-refractivity contribution in [2.24, 2.45) is 0 Å². The molecule has 0 N–H and O–H groups in total. The minimum atomic E-state index is -0.713. The first kappa shape index (κ1) is 22.8. The van der Waals surface area contributed by atoms with Crippen molar-refractivity contribution in [1.82, 2.24) is 0 Å². The second-order valence-corrected chi connectivity index (χ2v) is 11.6. The van der Waals surface area contributed by atoms with Crippen LogP contribution in [0.15, 0.2) is 66.8 Å². The van der Waals surface area contributed by atoms with Crippen LogP contribution in [0.4, 0.5) is 0 Å². The van der Waals surface area contributed by atoms with Crippen molar-refractivity contribution < 1.29 is 9.47 Å². The third-order valence-corrected chi connectivity index (χ3v) is 8.53. The zero-order valence-electron chi connectivity index (χ0n) is 19.2. The summed E-state index contributed by atoms with van der Waals surface area (Å²) in [5.41, 5.74) is 2.50. The van der Waals surface area contributed by atoms with Gasteiger partial charge in [-0.15, -0.1) is 0 Å². The molecule has 0 heterocycles. The monoisotopic (exact) mass is 422 g/mol. The molecular formula is C27H35O2P. The summed E-state index contributed by atoms with van der Waals surface area (Å²) in [5.74, 6) is 0.995. The van der Waals surface area contributed by atoms with Gasteiger partial charge in [-0.3, -0.25) is 0 Å². The van der Waals surface area contributed by atoms with E-state index in [-0.39, 0.29) is 17.4 Å². The Morgan fingerprint density at radius 1 is 1.00 bits per heavy atom. The Morgan fingerprint density at radius 2 is 1.67 bits per heavy atom. The quantitative estimate of drug-likeness (QED) is 0.363. The molecule has 30 heavy (non-hydrogen) atoms. The molecule has 1 aliphatic rings. The highest BCUT2D eigenvalue weighted by molar-refractivity contribution is 7.75. The Bertz CT molecular complexity index is 894. The Hall–Kier alpha value is -1.89. The molecule has 0 saturated carbocycles. The van der Waals surface area contributed by atoms with Crippen LogP contribution in [0.25, 0.3) is 0 Å². The summed E-state index contributed by atoms with van der Waals surface area (Å²) in [7, 11) is 0.973. The van der Waals surface area contributed by atoms with Gasteiger partial charge in [0, 0.05) is 23.1 Å². The average molecular weight is 423 g/mol. The van der Waals surface area contributed by atoms with E-state index < -0.39 is 7.92 Å². The van der Waals surface area contributed by atoms with Crippen molar-refractivity contribution in [1.29, 1.82) is 0 Å². The first-order valence-corrected chi connectivity index (χ1v) is 12.2. The minimum Gasteiger partial charge on any atom is -0.467 e. The topological polar surface area (TPSA) is 18.5 Å². The van der Waals surface area contributed by atoms with Crippen molar-refractivity contribution in [3.8, 4) is 5.75 Å². The van der Waals surface area contributed by atoms with Crippen LogP contribution in [-0.4, -0.2) is 19.1 Å². The Kier molecular flexibility index (Phi) is 7.22. The highest BCUT2D eigenvalue weighted by Crippen LogP contribution is 2.56. The van der Waals surface area contributed by atoms with Crippen molar-refractivity contribution in [2.75, 3.05) is 13.9 Å². The third kappa shape index (κ3) is 4.71. The summed E-state index contributed by atoms with van der Waals surface area (Å²) in [6.45, 7) is 11.5. The van der Waals surface area contributed by atoms with Gasteiger partial charge in [-0.05, 0) is 43.6 Å². The van der Waals surface area contributed by atoms with Gasteiger partial charge in [0.05, 0.1) is 0 Å². The molecule has 3 rings (SSSR count). The lowest BCUT2D eigenvalue weighted by Crippen LogP contribution is -2.33. The molecule has 2 nitrogen and oxygen atoms in total. The molecule has 2 aromatic carbocycles. The second kappa shape index (κ2) is 9.50. The first-order valence-electron chi connectivity index (χ1n) is 10.8. The van der Waals surface area contributed by atoms with E-state index in [1.165, 1.54) is 21.7 Å². The maximum atomic E-state index is 6.33. The summed E-state index contributed by atoms with van der Waals surface area (Å²) in [4.78, 5) is 0. The average Bonchev–Trinajstić information content (AvgIpc) is 3.16. The fourth-order valence-electron chi connectivity index (χ4n) is 4.26. The molecule has 0 bridgehead atoms. The molecule has 0 aromatic heterocycles. The molecule has 0 amide bonds. The van der Waals surface area contributed by atoms with Crippen LogP contribution in [0.2, 0.25) is 0 Å². The van der Waals surface area contributed by atoms with Gasteiger partial charge in [-0.1, -0.05) is 94.8 Å². The van der Waals surface area contributed by atoms with Gasteiger partial charge >= 0.3 is 0 Å². The highest BCUT2D eigenvalue weighted by Gasteiger charge is 2.39. The highest BCUT2D eigenvalue weighted by atomic mass is 31.1. The molecule has 0 fully saturated rings. The number of ether oxygens (including phenoxy) is 2. The third-order valence-electron chi connectivity index (χ3n) is 5.55. The van der Waals surface area contributed by atoms with Crippen molar-refractivity contribution in [3.63, 3.8) is 0 Å². The van der Waals surface area contributed by atoms with Crippen molar-refractivity contribution >= 4 is 18.5 Å². The molecule has 0 aliphatic heterocycles. The zero-order chi connectivity index (χ0) is 21.8. The maximum Gasteiger partial charge on any atom is 0.188 e. The van der Waals surface area contributed by atoms with Gasteiger partial charge in [-0.25, -0.2) is 0 Å². The van der Waals surface area contributed by atoms with E-state index in [9.17, 15) is 0 Å². The number of aryl methyl sites for hydroxylation is 1. The zero-order valence-corrected chi connectivity index (χ0v) is 20.1. The van der Waals surface area contributed by atoms with Gasteiger partial charge in [0.1, 0.15) is 5.75 Å². The van der Waals surface area contributed by atoms with Crippen LogP contribution in [-0.2, 0) is 10.2 Å². The molecular weight excluding hydrogens is 387 g/mol. The predicted octanol–water partition coefficient (Wildman–Crippen LogP) is 6.37. The normalized spacial score (nSPS) is 16.1. The lowest BCUT2D eigenvalue weighted by atomic mass is 9.85. The number of methoxy groups -OCH3 is 1. The van der Waals surface area contributed by atoms with E-state index in [2.05, 4.69) is 101 Å². The fraction of sp³-hybridized carbons (Fsp3) is 0.407. The molecule has 3 heteroatoms. The van der Waals surface area contributed by atoms with Crippen LogP contribution in [0.1, 0.15) is 51.7 Å². The van der Waals surface area contributed by atoms with E-state index in [1.807, 2.05) is 0 Å². The molecule has 1 aliphatic carbocycles. The largest absolute Gasteiger partial charge is 0.467 e. The SMILES string of the molecule is CCCC1(P(c2ccccc2)c2cc(C)cc(C(C)(C)C)c2OCOC)C=CC=C1. The predicted molar refractivity (Wildman–Crippen MR) is 131 cm³/mol. The number of rotatable bonds is 8. The van der Waals surface area contributed by atoms with Crippen LogP contribution >= 0.6 is 7.92 Å². The van der Waals surface area contributed by atoms with Crippen molar-refractivity contribution in [2.45, 2.75) is 58.0 Å². The van der Waals surface area contributed by atoms with Crippen LogP contribution in [0.5, 0.6) is 5.75 Å². The van der Waals surface area contributed by atoms with Crippen LogP contribution in [0, 0.1) is 6.92 Å². The second-order valence-electron chi connectivity index (χ2n) is 9.09. The van der Waals surface area contributed by atoms with Crippen LogP contribution < -0.4 is 15.3 Å². The lowest BCUT2D eigenvalue weighted by molar-refractivity contribution is 0.0506. The number of benzene rings is 2. The summed E-state index contributed by atoms with van der Waals surface area (Å²) in [6.07, 6.45) is 11.5. The Morgan fingerprint density at radius 3 is 2.23 bits per heavy atom. The molecule has 160 valence electrons. The molecule has 1 unspecified atom stereocenters. The molecule has 0 spiro atoms. The standard InChI is InChI=1S/C27H35O2P/c1-7-15-27(16-11-12-17-27)30(22-13-9-8-10-14-22)24-19-21(2)18-23(26(3,4)5)25(24)29-20-28-6/h8-14,16-19H,7,15,20H2,1-6H3. The molecule has 0 saturated heterocycles.